The lowest BCUT2D eigenvalue weighted by molar-refractivity contribution is -0.146. The molecule has 2 atom stereocenters. The smallest absolute Gasteiger partial charge is 0.330 e. The summed E-state index contributed by atoms with van der Waals surface area (Å²) in [6, 6.07) is 0. The van der Waals surface area contributed by atoms with E-state index in [1.807, 2.05) is 0 Å². The van der Waals surface area contributed by atoms with Crippen molar-refractivity contribution in [1.29, 1.82) is 0 Å². The van der Waals surface area contributed by atoms with Crippen LogP contribution in [0.5, 0.6) is 0 Å². The van der Waals surface area contributed by atoms with Gasteiger partial charge in [-0.1, -0.05) is 33.8 Å². The molecule has 0 bridgehead atoms. The Bertz CT molecular complexity index is 255. The highest BCUT2D eigenvalue weighted by molar-refractivity contribution is 5.81. The minimum atomic E-state index is -0.278. The van der Waals surface area contributed by atoms with Crippen molar-refractivity contribution in [1.82, 2.24) is 0 Å². The molecule has 1 rings (SSSR count). The van der Waals surface area contributed by atoms with Gasteiger partial charge in [0, 0.05) is 6.08 Å². The van der Waals surface area contributed by atoms with Crippen molar-refractivity contribution < 1.29 is 9.53 Å². The highest BCUT2D eigenvalue weighted by atomic mass is 16.5. The molecule has 1 aliphatic carbocycles. The van der Waals surface area contributed by atoms with E-state index in [1.165, 1.54) is 25.3 Å². The summed E-state index contributed by atoms with van der Waals surface area (Å²) in [6.45, 7) is 10.3. The second-order valence-corrected chi connectivity index (χ2v) is 5.47. The van der Waals surface area contributed by atoms with Crippen molar-refractivity contribution in [3.63, 3.8) is 0 Å². The monoisotopic (exact) mass is 224 g/mol. The molecule has 0 aliphatic heterocycles. The van der Waals surface area contributed by atoms with Crippen LogP contribution in [0.15, 0.2) is 12.7 Å². The molecule has 0 N–H and O–H groups in total. The van der Waals surface area contributed by atoms with E-state index in [-0.39, 0.29) is 12.1 Å². The first-order chi connectivity index (χ1) is 7.49. The van der Waals surface area contributed by atoms with Gasteiger partial charge in [-0.25, -0.2) is 4.79 Å². The predicted molar refractivity (Wildman–Crippen MR) is 66.1 cm³/mol. The van der Waals surface area contributed by atoms with Gasteiger partial charge >= 0.3 is 5.97 Å². The summed E-state index contributed by atoms with van der Waals surface area (Å²) in [5, 5.41) is 0. The highest BCUT2D eigenvalue weighted by Gasteiger charge is 2.33. The molecule has 1 unspecified atom stereocenters. The lowest BCUT2D eigenvalue weighted by Gasteiger charge is -2.39. The van der Waals surface area contributed by atoms with Crippen LogP contribution in [0.25, 0.3) is 0 Å². The number of esters is 1. The number of rotatable bonds is 4. The van der Waals surface area contributed by atoms with E-state index in [0.717, 1.165) is 12.8 Å². The summed E-state index contributed by atoms with van der Waals surface area (Å²) >= 11 is 0. The van der Waals surface area contributed by atoms with Crippen molar-refractivity contribution in [2.24, 2.45) is 11.3 Å². The lowest BCUT2D eigenvalue weighted by Crippen LogP contribution is -2.33. The third kappa shape index (κ3) is 3.36. The second-order valence-electron chi connectivity index (χ2n) is 5.47. The summed E-state index contributed by atoms with van der Waals surface area (Å²) in [7, 11) is 0. The molecular formula is C14H24O2. The first-order valence-corrected chi connectivity index (χ1v) is 6.32. The molecule has 16 heavy (non-hydrogen) atoms. The van der Waals surface area contributed by atoms with Gasteiger partial charge in [-0.2, -0.15) is 0 Å². The summed E-state index contributed by atoms with van der Waals surface area (Å²) in [6.07, 6.45) is 7.01. The zero-order chi connectivity index (χ0) is 12.2. The molecule has 92 valence electrons. The van der Waals surface area contributed by atoms with E-state index < -0.39 is 0 Å². The molecule has 1 fully saturated rings. The van der Waals surface area contributed by atoms with Crippen molar-refractivity contribution in [2.45, 2.75) is 59.0 Å². The van der Waals surface area contributed by atoms with E-state index in [9.17, 15) is 4.79 Å². The van der Waals surface area contributed by atoms with Crippen molar-refractivity contribution in [3.8, 4) is 0 Å². The van der Waals surface area contributed by atoms with Gasteiger partial charge in [-0.3, -0.25) is 0 Å². The molecule has 0 spiro atoms. The van der Waals surface area contributed by atoms with E-state index in [4.69, 9.17) is 4.74 Å². The number of hydrogen-bond donors (Lipinski definition) is 0. The Morgan fingerprint density at radius 2 is 2.19 bits per heavy atom. The van der Waals surface area contributed by atoms with Crippen LogP contribution >= 0.6 is 0 Å². The third-order valence-electron chi connectivity index (χ3n) is 4.09. The Kier molecular flexibility index (Phi) is 4.57. The second kappa shape index (κ2) is 5.51. The molecule has 0 radical (unpaired) electrons. The molecule has 0 heterocycles. The Morgan fingerprint density at radius 3 is 2.75 bits per heavy atom. The summed E-state index contributed by atoms with van der Waals surface area (Å²) in [5.74, 6) is 0.397. The van der Waals surface area contributed by atoms with Crippen LogP contribution in [-0.2, 0) is 9.53 Å². The van der Waals surface area contributed by atoms with Gasteiger partial charge in [-0.05, 0) is 37.0 Å². The zero-order valence-corrected chi connectivity index (χ0v) is 10.8. The molecule has 2 nitrogen and oxygen atoms in total. The van der Waals surface area contributed by atoms with Gasteiger partial charge < -0.3 is 4.74 Å². The Labute approximate surface area is 99.1 Å². The summed E-state index contributed by atoms with van der Waals surface area (Å²) < 4.78 is 5.35. The van der Waals surface area contributed by atoms with Gasteiger partial charge in [0.1, 0.15) is 6.10 Å². The molecule has 0 aromatic heterocycles. The quantitative estimate of drug-likeness (QED) is 0.537. The van der Waals surface area contributed by atoms with Gasteiger partial charge in [0.05, 0.1) is 0 Å². The van der Waals surface area contributed by atoms with Crippen molar-refractivity contribution in [2.75, 3.05) is 0 Å². The van der Waals surface area contributed by atoms with Crippen LogP contribution in [0.3, 0.4) is 0 Å². The number of carbonyl (C=O) groups is 1. The van der Waals surface area contributed by atoms with Crippen LogP contribution in [0, 0.1) is 11.3 Å². The standard InChI is InChI=1S/C14H24O2/c1-5-13(15)16-12-9-7-8-11(10-12)14(3,4)6-2/h5,11-12H,1,6-10H2,2-4H3/t11?,12-/m1/s1. The normalized spacial score (nSPS) is 26.2. The van der Waals surface area contributed by atoms with Crippen LogP contribution in [0.1, 0.15) is 52.9 Å². The molecule has 2 heteroatoms. The van der Waals surface area contributed by atoms with Crippen LogP contribution < -0.4 is 0 Å². The topological polar surface area (TPSA) is 26.3 Å². The van der Waals surface area contributed by atoms with Gasteiger partial charge in [-0.15, -0.1) is 0 Å². The fourth-order valence-corrected chi connectivity index (χ4v) is 2.46. The fraction of sp³-hybridized carbons (Fsp3) is 0.786. The molecule has 0 aromatic rings. The summed E-state index contributed by atoms with van der Waals surface area (Å²) in [5.41, 5.74) is 0.360. The maximum absolute atomic E-state index is 11.2. The molecule has 1 saturated carbocycles. The maximum atomic E-state index is 11.2. The Hall–Kier alpha value is -0.790. The molecule has 0 saturated heterocycles. The molecule has 0 aromatic carbocycles. The SMILES string of the molecule is C=CC(=O)O[C@@H]1CCCC(C(C)(C)CC)C1. The van der Waals surface area contributed by atoms with Gasteiger partial charge in [0.25, 0.3) is 0 Å². The van der Waals surface area contributed by atoms with Crippen LogP contribution in [0.4, 0.5) is 0 Å². The number of carbonyl (C=O) groups excluding carboxylic acids is 1. The van der Waals surface area contributed by atoms with Gasteiger partial charge in [0.15, 0.2) is 0 Å². The van der Waals surface area contributed by atoms with Crippen LogP contribution in [-0.4, -0.2) is 12.1 Å². The minimum Gasteiger partial charge on any atom is -0.459 e. The maximum Gasteiger partial charge on any atom is 0.330 e. The molecule has 0 amide bonds. The van der Waals surface area contributed by atoms with E-state index in [1.54, 1.807) is 0 Å². The van der Waals surface area contributed by atoms with Crippen LogP contribution in [0.2, 0.25) is 0 Å². The Balaban J connectivity index is 2.53. The van der Waals surface area contributed by atoms with E-state index >= 15 is 0 Å². The Morgan fingerprint density at radius 1 is 1.50 bits per heavy atom. The molecule has 1 aliphatic rings. The predicted octanol–water partition coefficient (Wildman–Crippen LogP) is 3.71. The fourth-order valence-electron chi connectivity index (χ4n) is 2.46. The first-order valence-electron chi connectivity index (χ1n) is 6.32. The minimum absolute atomic E-state index is 0.107. The average molecular weight is 224 g/mol. The van der Waals surface area contributed by atoms with Gasteiger partial charge in [0.2, 0.25) is 0 Å². The van der Waals surface area contributed by atoms with E-state index in [0.29, 0.717) is 11.3 Å². The molecular weight excluding hydrogens is 200 g/mol. The number of ether oxygens (including phenoxy) is 1. The summed E-state index contributed by atoms with van der Waals surface area (Å²) in [4.78, 5) is 11.2. The third-order valence-corrected chi connectivity index (χ3v) is 4.09. The van der Waals surface area contributed by atoms with Crippen molar-refractivity contribution >= 4 is 5.97 Å². The largest absolute Gasteiger partial charge is 0.459 e. The number of hydrogen-bond acceptors (Lipinski definition) is 2. The first kappa shape index (κ1) is 13.3. The average Bonchev–Trinajstić information content (AvgIpc) is 2.29. The lowest BCUT2D eigenvalue weighted by atomic mass is 9.69. The highest BCUT2D eigenvalue weighted by Crippen LogP contribution is 2.41. The van der Waals surface area contributed by atoms with Crippen molar-refractivity contribution in [3.05, 3.63) is 12.7 Å². The zero-order valence-electron chi connectivity index (χ0n) is 10.8. The van der Waals surface area contributed by atoms with E-state index in [2.05, 4.69) is 27.4 Å².